The van der Waals surface area contributed by atoms with E-state index in [1.165, 1.54) is 14.0 Å². The fourth-order valence-corrected chi connectivity index (χ4v) is 2.06. The van der Waals surface area contributed by atoms with Crippen LogP contribution in [0, 0.1) is 6.92 Å². The zero-order valence-corrected chi connectivity index (χ0v) is 9.94. The van der Waals surface area contributed by atoms with Crippen molar-refractivity contribution in [2.24, 2.45) is 0 Å². The molecule has 16 heavy (non-hydrogen) atoms. The molecule has 1 aromatic heterocycles. The smallest absolute Gasteiger partial charge is 0.266 e. The number of halogens is 3. The summed E-state index contributed by atoms with van der Waals surface area (Å²) in [5, 5.41) is 0. The number of rotatable bonds is 3. The molecule has 0 fully saturated rings. The van der Waals surface area contributed by atoms with E-state index >= 15 is 0 Å². The maximum absolute atomic E-state index is 12.5. The van der Waals surface area contributed by atoms with Gasteiger partial charge in [-0.1, -0.05) is 0 Å². The SMILES string of the molecule is COc1nc(C)c(C(F)F)cc1S(=O)(=O)Cl. The Hall–Kier alpha value is -0.950. The van der Waals surface area contributed by atoms with Crippen LogP contribution in [-0.4, -0.2) is 20.5 Å². The Kier molecular flexibility index (Phi) is 3.69. The molecule has 4 nitrogen and oxygen atoms in total. The second-order valence-electron chi connectivity index (χ2n) is 2.91. The van der Waals surface area contributed by atoms with Gasteiger partial charge in [-0.3, -0.25) is 0 Å². The quantitative estimate of drug-likeness (QED) is 0.792. The number of methoxy groups -OCH3 is 1. The summed E-state index contributed by atoms with van der Waals surface area (Å²) < 4.78 is 51.9. The molecule has 0 saturated heterocycles. The van der Waals surface area contributed by atoms with Gasteiger partial charge in [0.2, 0.25) is 5.88 Å². The number of hydrogen-bond acceptors (Lipinski definition) is 4. The standard InChI is InChI=1S/C8H8ClF2NO3S/c1-4-5(7(10)11)3-6(16(9,13)14)8(12-4)15-2/h3,7H,1-2H3. The van der Waals surface area contributed by atoms with Gasteiger partial charge in [-0.25, -0.2) is 22.2 Å². The molecule has 0 bridgehead atoms. The predicted molar refractivity (Wildman–Crippen MR) is 53.5 cm³/mol. The van der Waals surface area contributed by atoms with E-state index in [1.807, 2.05) is 0 Å². The first kappa shape index (κ1) is 13.1. The van der Waals surface area contributed by atoms with Crippen molar-refractivity contribution in [1.29, 1.82) is 0 Å². The summed E-state index contributed by atoms with van der Waals surface area (Å²) >= 11 is 0. The Labute approximate surface area is 95.6 Å². The Bertz CT molecular complexity index is 504. The third kappa shape index (κ3) is 2.59. The van der Waals surface area contributed by atoms with Gasteiger partial charge in [0.1, 0.15) is 4.90 Å². The van der Waals surface area contributed by atoms with Crippen LogP contribution in [0.4, 0.5) is 8.78 Å². The summed E-state index contributed by atoms with van der Waals surface area (Å²) in [6.45, 7) is 1.33. The van der Waals surface area contributed by atoms with Crippen molar-refractivity contribution < 1.29 is 21.9 Å². The first-order chi connectivity index (χ1) is 7.27. The van der Waals surface area contributed by atoms with E-state index in [0.29, 0.717) is 0 Å². The molecule has 0 atom stereocenters. The van der Waals surface area contributed by atoms with E-state index in [2.05, 4.69) is 9.72 Å². The van der Waals surface area contributed by atoms with Crippen molar-refractivity contribution in [2.45, 2.75) is 18.2 Å². The summed E-state index contributed by atoms with van der Waals surface area (Å²) in [6, 6.07) is 0.772. The lowest BCUT2D eigenvalue weighted by Gasteiger charge is -2.09. The average molecular weight is 272 g/mol. The molecule has 0 amide bonds. The lowest BCUT2D eigenvalue weighted by Crippen LogP contribution is -2.03. The van der Waals surface area contributed by atoms with E-state index in [9.17, 15) is 17.2 Å². The van der Waals surface area contributed by atoms with Crippen molar-refractivity contribution >= 4 is 19.7 Å². The number of hydrogen-bond donors (Lipinski definition) is 0. The Balaban J connectivity index is 3.53. The molecule has 0 radical (unpaired) electrons. The highest BCUT2D eigenvalue weighted by Gasteiger charge is 2.23. The highest BCUT2D eigenvalue weighted by atomic mass is 35.7. The maximum Gasteiger partial charge on any atom is 0.266 e. The van der Waals surface area contributed by atoms with Gasteiger partial charge in [-0.15, -0.1) is 0 Å². The second kappa shape index (κ2) is 4.50. The van der Waals surface area contributed by atoms with Gasteiger partial charge in [0.25, 0.3) is 15.5 Å². The molecule has 0 aromatic carbocycles. The first-order valence-electron chi connectivity index (χ1n) is 4.05. The van der Waals surface area contributed by atoms with Crippen molar-refractivity contribution in [2.75, 3.05) is 7.11 Å². The fourth-order valence-electron chi connectivity index (χ4n) is 1.12. The van der Waals surface area contributed by atoms with Crippen LogP contribution < -0.4 is 4.74 Å². The van der Waals surface area contributed by atoms with Gasteiger partial charge in [0, 0.05) is 16.2 Å². The summed E-state index contributed by atoms with van der Waals surface area (Å²) in [4.78, 5) is 3.06. The van der Waals surface area contributed by atoms with Crippen LogP contribution in [0.5, 0.6) is 5.88 Å². The summed E-state index contributed by atoms with van der Waals surface area (Å²) in [6.07, 6.45) is -2.82. The van der Waals surface area contributed by atoms with Crippen molar-refractivity contribution in [3.05, 3.63) is 17.3 Å². The summed E-state index contributed by atoms with van der Waals surface area (Å²) in [7, 11) is 2.09. The number of nitrogens with zero attached hydrogens (tertiary/aromatic N) is 1. The molecular weight excluding hydrogens is 264 g/mol. The van der Waals surface area contributed by atoms with Gasteiger partial charge in [-0.05, 0) is 13.0 Å². The first-order valence-corrected chi connectivity index (χ1v) is 6.36. The third-order valence-corrected chi connectivity index (χ3v) is 3.19. The highest BCUT2D eigenvalue weighted by Crippen LogP contribution is 2.31. The maximum atomic E-state index is 12.5. The van der Waals surface area contributed by atoms with Crippen LogP contribution in [0.3, 0.4) is 0 Å². The van der Waals surface area contributed by atoms with Crippen LogP contribution in [0.1, 0.15) is 17.7 Å². The molecule has 0 N–H and O–H groups in total. The van der Waals surface area contributed by atoms with Crippen LogP contribution in [0.25, 0.3) is 0 Å². The molecule has 90 valence electrons. The van der Waals surface area contributed by atoms with E-state index in [1.54, 1.807) is 0 Å². The van der Waals surface area contributed by atoms with E-state index in [-0.39, 0.29) is 11.6 Å². The molecule has 1 aromatic rings. The molecule has 0 spiro atoms. The number of aryl methyl sites for hydroxylation is 1. The minimum atomic E-state index is -4.17. The van der Waals surface area contributed by atoms with Crippen LogP contribution >= 0.6 is 10.7 Å². The van der Waals surface area contributed by atoms with Gasteiger partial charge >= 0.3 is 0 Å². The van der Waals surface area contributed by atoms with E-state index in [4.69, 9.17) is 10.7 Å². The van der Waals surface area contributed by atoms with Crippen molar-refractivity contribution in [1.82, 2.24) is 4.98 Å². The number of alkyl halides is 2. The van der Waals surface area contributed by atoms with Crippen molar-refractivity contribution in [3.63, 3.8) is 0 Å². The second-order valence-corrected chi connectivity index (χ2v) is 5.44. The van der Waals surface area contributed by atoms with Crippen LogP contribution in [0.2, 0.25) is 0 Å². The Morgan fingerprint density at radius 2 is 2.06 bits per heavy atom. The molecule has 1 heterocycles. The molecule has 1 rings (SSSR count). The minimum absolute atomic E-state index is 0.00378. The number of ether oxygens (including phenoxy) is 1. The highest BCUT2D eigenvalue weighted by molar-refractivity contribution is 8.13. The fraction of sp³-hybridized carbons (Fsp3) is 0.375. The topological polar surface area (TPSA) is 56.3 Å². The zero-order chi connectivity index (χ0) is 12.5. The Morgan fingerprint density at radius 3 is 2.44 bits per heavy atom. The third-order valence-electron chi connectivity index (χ3n) is 1.88. The van der Waals surface area contributed by atoms with E-state index in [0.717, 1.165) is 6.07 Å². The molecule has 0 saturated carbocycles. The number of aromatic nitrogens is 1. The Morgan fingerprint density at radius 1 is 1.50 bits per heavy atom. The van der Waals surface area contributed by atoms with E-state index < -0.39 is 25.9 Å². The molecule has 8 heteroatoms. The summed E-state index contributed by atoms with van der Waals surface area (Å²) in [5.74, 6) is -0.295. The van der Waals surface area contributed by atoms with Gasteiger partial charge in [0.15, 0.2) is 0 Å². The normalized spacial score (nSPS) is 11.9. The predicted octanol–water partition coefficient (Wildman–Crippen LogP) is 2.26. The number of pyridine rings is 1. The monoisotopic (exact) mass is 271 g/mol. The van der Waals surface area contributed by atoms with Crippen molar-refractivity contribution in [3.8, 4) is 5.88 Å². The molecule has 0 aliphatic heterocycles. The van der Waals surface area contributed by atoms with Gasteiger partial charge < -0.3 is 4.74 Å². The molecule has 0 aliphatic rings. The zero-order valence-electron chi connectivity index (χ0n) is 8.37. The van der Waals surface area contributed by atoms with Gasteiger partial charge in [0.05, 0.1) is 12.8 Å². The molecule has 0 unspecified atom stereocenters. The lowest BCUT2D eigenvalue weighted by molar-refractivity contribution is 0.149. The molecular formula is C8H8ClF2NO3S. The van der Waals surface area contributed by atoms with Crippen LogP contribution in [-0.2, 0) is 9.05 Å². The minimum Gasteiger partial charge on any atom is -0.480 e. The summed E-state index contributed by atoms with van der Waals surface area (Å²) in [5.41, 5.74) is -0.490. The molecule has 0 aliphatic carbocycles. The lowest BCUT2D eigenvalue weighted by atomic mass is 10.2. The van der Waals surface area contributed by atoms with Crippen LogP contribution in [0.15, 0.2) is 11.0 Å². The van der Waals surface area contributed by atoms with Gasteiger partial charge in [-0.2, -0.15) is 0 Å². The average Bonchev–Trinajstić information content (AvgIpc) is 2.14. The largest absolute Gasteiger partial charge is 0.480 e.